The van der Waals surface area contributed by atoms with Crippen LogP contribution < -0.4 is 20.3 Å². The summed E-state index contributed by atoms with van der Waals surface area (Å²) in [6, 6.07) is 15.9. The molecule has 13 nitrogen and oxygen atoms in total. The van der Waals surface area contributed by atoms with Crippen molar-refractivity contribution in [3.63, 3.8) is 0 Å². The molecule has 3 saturated heterocycles. The third-order valence-corrected chi connectivity index (χ3v) is 13.3. The number of imide groups is 1. The fraction of sp³-hybridized carbons (Fsp3) is 0.350. The molecule has 3 aliphatic heterocycles. The summed E-state index contributed by atoms with van der Waals surface area (Å²) >= 11 is 12.2. The molecule has 310 valence electrons. The highest BCUT2D eigenvalue weighted by Gasteiger charge is 2.34. The van der Waals surface area contributed by atoms with Crippen LogP contribution in [-0.4, -0.2) is 90.7 Å². The topological polar surface area (TPSA) is 149 Å². The molecule has 0 bridgehead atoms. The Kier molecular flexibility index (Phi) is 11.2. The molecule has 0 spiro atoms. The van der Waals surface area contributed by atoms with Crippen LogP contribution in [0.25, 0.3) is 21.9 Å². The number of fused-ring (bicyclic) bond motifs is 3. The minimum atomic E-state index is -4.63. The fourth-order valence-electron chi connectivity index (χ4n) is 8.25. The van der Waals surface area contributed by atoms with Crippen molar-refractivity contribution in [3.8, 4) is 0 Å². The molecule has 3 amide bonds. The molecule has 3 fully saturated rings. The summed E-state index contributed by atoms with van der Waals surface area (Å²) in [5, 5.41) is 6.69. The van der Waals surface area contributed by atoms with E-state index in [2.05, 4.69) is 25.2 Å². The van der Waals surface area contributed by atoms with Crippen molar-refractivity contribution in [2.24, 2.45) is 5.92 Å². The number of hydrogen-bond acceptors (Lipinski definition) is 8. The van der Waals surface area contributed by atoms with E-state index in [9.17, 15) is 36.0 Å². The Labute approximate surface area is 347 Å². The number of carbonyl (C=O) groups excluding carboxylic acids is 3. The summed E-state index contributed by atoms with van der Waals surface area (Å²) < 4.78 is 72.3. The molecular formula is C40H39Cl2F3N8O5S. The maximum Gasteiger partial charge on any atom is 0.416 e. The number of para-hydroxylation sites is 1. The third kappa shape index (κ3) is 8.44. The first-order chi connectivity index (χ1) is 28.2. The largest absolute Gasteiger partial charge is 0.416 e. The van der Waals surface area contributed by atoms with Crippen molar-refractivity contribution in [2.45, 2.75) is 37.9 Å². The zero-order valence-corrected chi connectivity index (χ0v) is 33.8. The summed E-state index contributed by atoms with van der Waals surface area (Å²) in [4.78, 5) is 47.6. The first-order valence-corrected chi connectivity index (χ1v) is 21.3. The average molecular weight is 872 g/mol. The lowest BCUT2D eigenvalue weighted by Crippen LogP contribution is -2.49. The normalized spacial score (nSPS) is 19.0. The number of rotatable bonds is 9. The Hall–Kier alpha value is -4.94. The van der Waals surface area contributed by atoms with Crippen molar-refractivity contribution in [3.05, 3.63) is 94.1 Å². The van der Waals surface area contributed by atoms with Gasteiger partial charge in [-0.15, -0.1) is 0 Å². The number of aromatic nitrogens is 2. The van der Waals surface area contributed by atoms with Gasteiger partial charge in [-0.3, -0.25) is 29.3 Å². The standard InChI is InChI=1S/C40H39Cl2F3N8O5S/c41-26-6-8-30(28(22-26)38(55)47-31-7-5-25(21-29(31)42)40(43,44)45)49-59(57,58)52-15-12-24(13-16-52)23-50-17-19-51(20-18-50)33-11-14-46-37-36(33)27-3-1-2-4-32(27)53(37)34-9-10-35(54)48-39(34)56/h1-8,11,14,21-22,24,34,49H,9-10,12-13,15-20,23H2,(H,47,55)(H,48,54,56). The molecule has 59 heavy (non-hydrogen) atoms. The first-order valence-electron chi connectivity index (χ1n) is 19.1. The lowest BCUT2D eigenvalue weighted by Gasteiger charge is -2.39. The van der Waals surface area contributed by atoms with E-state index in [1.807, 2.05) is 34.9 Å². The van der Waals surface area contributed by atoms with Gasteiger partial charge in [0.15, 0.2) is 0 Å². The highest BCUT2D eigenvalue weighted by molar-refractivity contribution is 7.90. The Morgan fingerprint density at radius 3 is 2.34 bits per heavy atom. The summed E-state index contributed by atoms with van der Waals surface area (Å²) in [6.07, 6.45) is -0.932. The van der Waals surface area contributed by atoms with E-state index in [1.165, 1.54) is 22.5 Å². The zero-order valence-electron chi connectivity index (χ0n) is 31.4. The smallest absolute Gasteiger partial charge is 0.368 e. The molecule has 0 saturated carbocycles. The number of piperidine rings is 2. The number of benzene rings is 3. The van der Waals surface area contributed by atoms with Gasteiger partial charge < -0.3 is 14.8 Å². The van der Waals surface area contributed by atoms with Gasteiger partial charge in [-0.1, -0.05) is 41.4 Å². The van der Waals surface area contributed by atoms with Crippen LogP contribution in [0.15, 0.2) is 72.9 Å². The van der Waals surface area contributed by atoms with Gasteiger partial charge in [0.25, 0.3) is 5.91 Å². The molecule has 5 aromatic rings. The number of piperazine rings is 1. The number of anilines is 3. The maximum absolute atomic E-state index is 13.6. The number of pyridine rings is 1. The number of hydrogen-bond donors (Lipinski definition) is 3. The zero-order chi connectivity index (χ0) is 41.6. The molecule has 5 heterocycles. The molecule has 8 rings (SSSR count). The number of alkyl halides is 3. The van der Waals surface area contributed by atoms with Gasteiger partial charge in [-0.25, -0.2) is 4.98 Å². The van der Waals surface area contributed by atoms with Crippen LogP contribution in [0, 0.1) is 5.92 Å². The molecule has 3 aromatic carbocycles. The highest BCUT2D eigenvalue weighted by Crippen LogP contribution is 2.39. The molecule has 3 aliphatic rings. The summed E-state index contributed by atoms with van der Waals surface area (Å²) in [7, 11) is -4.10. The van der Waals surface area contributed by atoms with Gasteiger partial charge in [-0.2, -0.15) is 25.9 Å². The summed E-state index contributed by atoms with van der Waals surface area (Å²) in [5.74, 6) is -1.16. The van der Waals surface area contributed by atoms with Crippen LogP contribution in [-0.2, 0) is 26.0 Å². The number of nitrogens with zero attached hydrogens (tertiary/aromatic N) is 5. The second-order valence-corrected chi connectivity index (χ2v) is 17.5. The van der Waals surface area contributed by atoms with E-state index in [4.69, 9.17) is 28.2 Å². The van der Waals surface area contributed by atoms with Gasteiger partial charge in [0.1, 0.15) is 11.7 Å². The van der Waals surface area contributed by atoms with Gasteiger partial charge in [0, 0.05) is 68.8 Å². The van der Waals surface area contributed by atoms with E-state index >= 15 is 0 Å². The van der Waals surface area contributed by atoms with Crippen LogP contribution in [0.3, 0.4) is 0 Å². The van der Waals surface area contributed by atoms with E-state index in [1.54, 1.807) is 6.20 Å². The van der Waals surface area contributed by atoms with E-state index < -0.39 is 33.9 Å². The Bertz CT molecular complexity index is 2570. The van der Waals surface area contributed by atoms with Gasteiger partial charge in [0.2, 0.25) is 11.8 Å². The van der Waals surface area contributed by atoms with Crippen molar-refractivity contribution in [2.75, 3.05) is 60.8 Å². The van der Waals surface area contributed by atoms with E-state index in [-0.39, 0.29) is 64.2 Å². The van der Waals surface area contributed by atoms with Crippen molar-refractivity contribution in [1.29, 1.82) is 0 Å². The average Bonchev–Trinajstić information content (AvgIpc) is 3.54. The molecule has 1 unspecified atom stereocenters. The van der Waals surface area contributed by atoms with Crippen molar-refractivity contribution < 1.29 is 36.0 Å². The van der Waals surface area contributed by atoms with E-state index in [0.717, 1.165) is 66.8 Å². The first kappa shape index (κ1) is 40.8. The molecule has 0 radical (unpaired) electrons. The van der Waals surface area contributed by atoms with Crippen LogP contribution >= 0.6 is 23.2 Å². The Morgan fingerprint density at radius 2 is 1.63 bits per heavy atom. The second-order valence-electron chi connectivity index (χ2n) is 15.0. The second kappa shape index (κ2) is 16.3. The molecule has 2 aromatic heterocycles. The predicted octanol–water partition coefficient (Wildman–Crippen LogP) is 6.94. The monoisotopic (exact) mass is 870 g/mol. The predicted molar refractivity (Wildman–Crippen MR) is 220 cm³/mol. The highest BCUT2D eigenvalue weighted by atomic mass is 35.5. The maximum atomic E-state index is 13.6. The minimum Gasteiger partial charge on any atom is -0.368 e. The SMILES string of the molecule is O=C1CCC(n2c3ccccc3c3c(N4CCN(CC5CCN(S(=O)(=O)Nc6ccc(Cl)cc6C(=O)Nc6ccc(C(F)(F)F)cc6Cl)CC5)CC4)ccnc32)C(=O)N1. The van der Waals surface area contributed by atoms with Crippen LogP contribution in [0.2, 0.25) is 10.0 Å². The summed E-state index contributed by atoms with van der Waals surface area (Å²) in [5.41, 5.74) is 1.36. The molecule has 3 N–H and O–H groups in total. The molecule has 0 aliphatic carbocycles. The van der Waals surface area contributed by atoms with Gasteiger partial charge >= 0.3 is 16.4 Å². The van der Waals surface area contributed by atoms with Crippen molar-refractivity contribution >= 4 is 90.1 Å². The number of nitrogens with one attached hydrogen (secondary N) is 3. The van der Waals surface area contributed by atoms with Crippen LogP contribution in [0.4, 0.5) is 30.2 Å². The minimum absolute atomic E-state index is 0.0538. The van der Waals surface area contributed by atoms with Gasteiger partial charge in [-0.05, 0) is 73.7 Å². The van der Waals surface area contributed by atoms with E-state index in [0.29, 0.717) is 31.0 Å². The fourth-order valence-corrected chi connectivity index (χ4v) is 9.92. The number of halogens is 5. The Balaban J connectivity index is 0.884. The van der Waals surface area contributed by atoms with Crippen LogP contribution in [0.5, 0.6) is 0 Å². The lowest BCUT2D eigenvalue weighted by atomic mass is 9.97. The van der Waals surface area contributed by atoms with Crippen LogP contribution in [0.1, 0.15) is 47.6 Å². The Morgan fingerprint density at radius 1 is 0.898 bits per heavy atom. The number of carbonyl (C=O) groups is 3. The molecule has 19 heteroatoms. The quantitative estimate of drug-likeness (QED) is 0.135. The third-order valence-electron chi connectivity index (χ3n) is 11.2. The molecular weight excluding hydrogens is 832 g/mol. The summed E-state index contributed by atoms with van der Waals surface area (Å²) in [6.45, 7) is 4.46. The molecule has 1 atom stereocenters. The van der Waals surface area contributed by atoms with Crippen molar-refractivity contribution in [1.82, 2.24) is 24.1 Å². The lowest BCUT2D eigenvalue weighted by molar-refractivity contribution is -0.138. The number of amides is 3. The van der Waals surface area contributed by atoms with Gasteiger partial charge in [0.05, 0.1) is 44.1 Å².